The predicted octanol–water partition coefficient (Wildman–Crippen LogP) is 3.92. The van der Waals surface area contributed by atoms with Crippen molar-refractivity contribution in [3.8, 4) is 0 Å². The highest BCUT2D eigenvalue weighted by molar-refractivity contribution is 6.30. The monoisotopic (exact) mass is 339 g/mol. The average Bonchev–Trinajstić information content (AvgIpc) is 2.50. The van der Waals surface area contributed by atoms with Gasteiger partial charge in [0, 0.05) is 5.02 Å². The third kappa shape index (κ3) is 4.74. The zero-order valence-electron chi connectivity index (χ0n) is 12.4. The quantitative estimate of drug-likeness (QED) is 0.867. The number of aliphatic hydroxyl groups is 1. The summed E-state index contributed by atoms with van der Waals surface area (Å²) >= 11 is 5.76. The Labute approximate surface area is 137 Å². The van der Waals surface area contributed by atoms with Crippen LogP contribution in [0.4, 0.5) is 8.78 Å². The van der Waals surface area contributed by atoms with Gasteiger partial charge in [-0.1, -0.05) is 29.8 Å². The molecule has 0 bridgehead atoms. The van der Waals surface area contributed by atoms with Crippen molar-refractivity contribution in [1.82, 2.24) is 5.32 Å². The van der Waals surface area contributed by atoms with Crippen molar-refractivity contribution in [2.45, 2.75) is 25.5 Å². The molecule has 2 aromatic rings. The molecule has 6 heteroatoms. The molecule has 2 N–H and O–H groups in total. The Bertz CT molecular complexity index is 691. The van der Waals surface area contributed by atoms with Gasteiger partial charge in [-0.25, -0.2) is 8.78 Å². The Morgan fingerprint density at radius 3 is 2.35 bits per heavy atom. The van der Waals surface area contributed by atoms with E-state index in [-0.39, 0.29) is 6.42 Å². The fraction of sp³-hybridized carbons (Fsp3) is 0.235. The topological polar surface area (TPSA) is 49.3 Å². The molecule has 0 saturated heterocycles. The van der Waals surface area contributed by atoms with Gasteiger partial charge < -0.3 is 10.4 Å². The van der Waals surface area contributed by atoms with E-state index in [1.165, 1.54) is 6.07 Å². The number of rotatable bonds is 5. The van der Waals surface area contributed by atoms with E-state index in [1.54, 1.807) is 31.2 Å². The van der Waals surface area contributed by atoms with Gasteiger partial charge in [-0.3, -0.25) is 4.79 Å². The standard InChI is InChI=1S/C17H16ClF2NO2/c1-10(12-4-7-14(19)15(20)8-12)21-17(23)9-16(22)11-2-5-13(18)6-3-11/h2-8,10,16,22H,9H2,1H3,(H,21,23). The summed E-state index contributed by atoms with van der Waals surface area (Å²) in [5.74, 6) is -2.31. The van der Waals surface area contributed by atoms with E-state index in [0.29, 0.717) is 16.1 Å². The van der Waals surface area contributed by atoms with E-state index in [9.17, 15) is 18.7 Å². The number of carbonyl (C=O) groups is 1. The van der Waals surface area contributed by atoms with E-state index in [4.69, 9.17) is 11.6 Å². The lowest BCUT2D eigenvalue weighted by Crippen LogP contribution is -2.28. The van der Waals surface area contributed by atoms with Crippen LogP contribution in [0.25, 0.3) is 0 Å². The lowest BCUT2D eigenvalue weighted by atomic mass is 10.0. The molecule has 0 aliphatic heterocycles. The number of hydrogen-bond donors (Lipinski definition) is 2. The summed E-state index contributed by atoms with van der Waals surface area (Å²) in [5, 5.41) is 13.2. The molecular weight excluding hydrogens is 324 g/mol. The molecule has 1 amide bonds. The third-order valence-electron chi connectivity index (χ3n) is 3.45. The van der Waals surface area contributed by atoms with Crippen LogP contribution in [0.3, 0.4) is 0 Å². The smallest absolute Gasteiger partial charge is 0.223 e. The highest BCUT2D eigenvalue weighted by Gasteiger charge is 2.16. The number of amides is 1. The van der Waals surface area contributed by atoms with Crippen LogP contribution in [0.5, 0.6) is 0 Å². The van der Waals surface area contributed by atoms with Gasteiger partial charge in [-0.15, -0.1) is 0 Å². The summed E-state index contributed by atoms with van der Waals surface area (Å²) in [5.41, 5.74) is 1.02. The van der Waals surface area contributed by atoms with Gasteiger partial charge in [-0.05, 0) is 42.3 Å². The molecule has 0 saturated carbocycles. The molecule has 0 aliphatic carbocycles. The Morgan fingerprint density at radius 2 is 1.74 bits per heavy atom. The molecule has 122 valence electrons. The number of aliphatic hydroxyl groups excluding tert-OH is 1. The molecule has 2 aromatic carbocycles. The summed E-state index contributed by atoms with van der Waals surface area (Å²) in [4.78, 5) is 12.0. The van der Waals surface area contributed by atoms with E-state index < -0.39 is 29.7 Å². The van der Waals surface area contributed by atoms with Crippen molar-refractivity contribution in [1.29, 1.82) is 0 Å². The van der Waals surface area contributed by atoms with E-state index >= 15 is 0 Å². The van der Waals surface area contributed by atoms with E-state index in [0.717, 1.165) is 12.1 Å². The molecule has 0 fully saturated rings. The highest BCUT2D eigenvalue weighted by Crippen LogP contribution is 2.20. The number of hydrogen-bond acceptors (Lipinski definition) is 2. The minimum atomic E-state index is -0.968. The molecule has 23 heavy (non-hydrogen) atoms. The summed E-state index contributed by atoms with van der Waals surface area (Å²) < 4.78 is 26.1. The first-order chi connectivity index (χ1) is 10.9. The average molecular weight is 340 g/mol. The maximum absolute atomic E-state index is 13.2. The zero-order chi connectivity index (χ0) is 17.0. The largest absolute Gasteiger partial charge is 0.388 e. The van der Waals surface area contributed by atoms with Crippen molar-refractivity contribution in [3.05, 3.63) is 70.2 Å². The van der Waals surface area contributed by atoms with Gasteiger partial charge in [-0.2, -0.15) is 0 Å². The van der Waals surface area contributed by atoms with Gasteiger partial charge in [0.25, 0.3) is 0 Å². The van der Waals surface area contributed by atoms with E-state index in [1.807, 2.05) is 0 Å². The van der Waals surface area contributed by atoms with Crippen LogP contribution >= 0.6 is 11.6 Å². The number of nitrogens with one attached hydrogen (secondary N) is 1. The molecule has 0 spiro atoms. The second-order valence-electron chi connectivity index (χ2n) is 5.23. The third-order valence-corrected chi connectivity index (χ3v) is 3.71. The number of benzene rings is 2. The van der Waals surface area contributed by atoms with Gasteiger partial charge in [0.15, 0.2) is 11.6 Å². The highest BCUT2D eigenvalue weighted by atomic mass is 35.5. The van der Waals surface area contributed by atoms with Crippen LogP contribution in [0.15, 0.2) is 42.5 Å². The molecule has 2 atom stereocenters. The number of halogens is 3. The maximum atomic E-state index is 13.2. The molecule has 2 rings (SSSR count). The Morgan fingerprint density at radius 1 is 1.13 bits per heavy atom. The van der Waals surface area contributed by atoms with Crippen molar-refractivity contribution in [2.75, 3.05) is 0 Å². The van der Waals surface area contributed by atoms with Gasteiger partial charge in [0.1, 0.15) is 0 Å². The molecule has 3 nitrogen and oxygen atoms in total. The van der Waals surface area contributed by atoms with E-state index in [2.05, 4.69) is 5.32 Å². The lowest BCUT2D eigenvalue weighted by Gasteiger charge is -2.16. The Hall–Kier alpha value is -1.98. The van der Waals surface area contributed by atoms with Crippen LogP contribution in [0.2, 0.25) is 5.02 Å². The molecule has 2 unspecified atom stereocenters. The SMILES string of the molecule is CC(NC(=O)CC(O)c1ccc(Cl)cc1)c1ccc(F)c(F)c1. The first kappa shape index (κ1) is 17.4. The Balaban J connectivity index is 1.95. The summed E-state index contributed by atoms with van der Waals surface area (Å²) in [6, 6.07) is 9.47. The van der Waals surface area contributed by atoms with Crippen LogP contribution in [-0.2, 0) is 4.79 Å². The molecule has 0 aliphatic rings. The molecular formula is C17H16ClF2NO2. The summed E-state index contributed by atoms with van der Waals surface area (Å²) in [6.45, 7) is 1.65. The fourth-order valence-electron chi connectivity index (χ4n) is 2.14. The molecule has 0 radical (unpaired) electrons. The lowest BCUT2D eigenvalue weighted by molar-refractivity contribution is -0.123. The zero-order valence-corrected chi connectivity index (χ0v) is 13.1. The second kappa shape index (κ2) is 7.53. The number of carbonyl (C=O) groups excluding carboxylic acids is 1. The first-order valence-electron chi connectivity index (χ1n) is 7.04. The summed E-state index contributed by atoms with van der Waals surface area (Å²) in [6.07, 6.45) is -1.11. The van der Waals surface area contributed by atoms with Crippen LogP contribution in [-0.4, -0.2) is 11.0 Å². The van der Waals surface area contributed by atoms with Crippen LogP contribution in [0, 0.1) is 11.6 Å². The predicted molar refractivity (Wildman–Crippen MR) is 83.9 cm³/mol. The maximum Gasteiger partial charge on any atom is 0.223 e. The van der Waals surface area contributed by atoms with Gasteiger partial charge in [0.2, 0.25) is 5.91 Å². The van der Waals surface area contributed by atoms with Crippen LogP contribution in [0.1, 0.15) is 36.6 Å². The summed E-state index contributed by atoms with van der Waals surface area (Å²) in [7, 11) is 0. The second-order valence-corrected chi connectivity index (χ2v) is 5.67. The normalized spacial score (nSPS) is 13.4. The van der Waals surface area contributed by atoms with Crippen molar-refractivity contribution >= 4 is 17.5 Å². The fourth-order valence-corrected chi connectivity index (χ4v) is 2.27. The Kier molecular flexibility index (Phi) is 5.69. The van der Waals surface area contributed by atoms with Crippen molar-refractivity contribution in [3.63, 3.8) is 0 Å². The van der Waals surface area contributed by atoms with Crippen molar-refractivity contribution in [2.24, 2.45) is 0 Å². The minimum Gasteiger partial charge on any atom is -0.388 e. The molecule has 0 aromatic heterocycles. The molecule has 0 heterocycles. The first-order valence-corrected chi connectivity index (χ1v) is 7.42. The van der Waals surface area contributed by atoms with Gasteiger partial charge in [0.05, 0.1) is 18.6 Å². The van der Waals surface area contributed by atoms with Crippen LogP contribution < -0.4 is 5.32 Å². The van der Waals surface area contributed by atoms with Crippen molar-refractivity contribution < 1.29 is 18.7 Å². The van der Waals surface area contributed by atoms with Gasteiger partial charge >= 0.3 is 0 Å². The minimum absolute atomic E-state index is 0.143.